The first-order chi connectivity index (χ1) is 15.2. The van der Waals surface area contributed by atoms with E-state index in [0.717, 1.165) is 66.0 Å². The van der Waals surface area contributed by atoms with Gasteiger partial charge in [0.25, 0.3) is 0 Å². The van der Waals surface area contributed by atoms with Crippen LogP contribution in [0.1, 0.15) is 35.6 Å². The van der Waals surface area contributed by atoms with Crippen molar-refractivity contribution >= 4 is 29.2 Å². The Hall–Kier alpha value is -3.04. The van der Waals surface area contributed by atoms with Gasteiger partial charge in [-0.3, -0.25) is 0 Å². The Morgan fingerprint density at radius 3 is 2.65 bits per heavy atom. The quantitative estimate of drug-likeness (QED) is 0.564. The van der Waals surface area contributed by atoms with Crippen LogP contribution in [0.2, 0.25) is 0 Å². The number of nitrogens with zero attached hydrogens (tertiary/aromatic N) is 3. The standard InChI is InChI=1S/C25H23FN4S/c1-2-17-6-8-18(9-7-17)19-10-13-30(14-11-19)25-28-22-12-15-31-23(22)24(29-25)27-21-5-3-4-20(26)16-21/h1,3-9,16,19H,10-15H2,(H,27,28,29). The van der Waals surface area contributed by atoms with Crippen LogP contribution in [-0.4, -0.2) is 28.8 Å². The monoisotopic (exact) mass is 430 g/mol. The topological polar surface area (TPSA) is 41.1 Å². The van der Waals surface area contributed by atoms with Gasteiger partial charge >= 0.3 is 0 Å². The van der Waals surface area contributed by atoms with Crippen molar-refractivity contribution in [2.45, 2.75) is 30.1 Å². The van der Waals surface area contributed by atoms with Gasteiger partial charge in [0.2, 0.25) is 5.95 Å². The first-order valence-corrected chi connectivity index (χ1v) is 11.6. The molecule has 6 heteroatoms. The summed E-state index contributed by atoms with van der Waals surface area (Å²) in [6, 6.07) is 14.8. The van der Waals surface area contributed by atoms with Crippen molar-refractivity contribution < 1.29 is 4.39 Å². The number of terminal acetylenes is 1. The molecule has 1 saturated heterocycles. The molecule has 3 aromatic rings. The van der Waals surface area contributed by atoms with Crippen LogP contribution in [0.25, 0.3) is 0 Å². The number of halogens is 1. The van der Waals surface area contributed by atoms with E-state index in [4.69, 9.17) is 16.4 Å². The number of aromatic nitrogens is 2. The largest absolute Gasteiger partial charge is 0.341 e. The summed E-state index contributed by atoms with van der Waals surface area (Å²) in [7, 11) is 0. The van der Waals surface area contributed by atoms with E-state index in [1.165, 1.54) is 17.7 Å². The minimum atomic E-state index is -0.263. The lowest BCUT2D eigenvalue weighted by atomic mass is 9.89. The van der Waals surface area contributed by atoms with Crippen molar-refractivity contribution in [2.75, 3.05) is 29.1 Å². The summed E-state index contributed by atoms with van der Waals surface area (Å²) in [6.45, 7) is 1.82. The second kappa shape index (κ2) is 8.60. The van der Waals surface area contributed by atoms with E-state index >= 15 is 0 Å². The van der Waals surface area contributed by atoms with Gasteiger partial charge in [-0.2, -0.15) is 4.98 Å². The highest BCUT2D eigenvalue weighted by atomic mass is 32.2. The predicted molar refractivity (Wildman–Crippen MR) is 125 cm³/mol. The molecule has 1 fully saturated rings. The first-order valence-electron chi connectivity index (χ1n) is 10.6. The van der Waals surface area contributed by atoms with Gasteiger partial charge in [0.1, 0.15) is 11.6 Å². The molecular weight excluding hydrogens is 407 g/mol. The molecule has 3 heterocycles. The van der Waals surface area contributed by atoms with Gasteiger partial charge in [0, 0.05) is 36.5 Å². The Labute approximate surface area is 186 Å². The number of aryl methyl sites for hydroxylation is 1. The molecule has 156 valence electrons. The molecule has 1 N–H and O–H groups in total. The summed E-state index contributed by atoms with van der Waals surface area (Å²) < 4.78 is 13.6. The van der Waals surface area contributed by atoms with Crippen LogP contribution < -0.4 is 10.2 Å². The number of hydrogen-bond donors (Lipinski definition) is 1. The van der Waals surface area contributed by atoms with Crippen LogP contribution >= 0.6 is 11.8 Å². The maximum Gasteiger partial charge on any atom is 0.227 e. The predicted octanol–water partition coefficient (Wildman–Crippen LogP) is 5.37. The normalized spacial score (nSPS) is 16.1. The number of piperidine rings is 1. The third-order valence-electron chi connectivity index (χ3n) is 5.92. The summed E-state index contributed by atoms with van der Waals surface area (Å²) in [6.07, 6.45) is 8.51. The molecule has 0 saturated carbocycles. The lowest BCUT2D eigenvalue weighted by Gasteiger charge is -2.32. The van der Waals surface area contributed by atoms with Gasteiger partial charge < -0.3 is 10.2 Å². The van der Waals surface area contributed by atoms with Crippen molar-refractivity contribution in [2.24, 2.45) is 0 Å². The molecule has 0 unspecified atom stereocenters. The molecule has 1 aromatic heterocycles. The smallest absolute Gasteiger partial charge is 0.227 e. The second-order valence-corrected chi connectivity index (χ2v) is 9.01. The second-order valence-electron chi connectivity index (χ2n) is 7.91. The average molecular weight is 431 g/mol. The van der Waals surface area contributed by atoms with Crippen molar-refractivity contribution in [1.82, 2.24) is 9.97 Å². The Morgan fingerprint density at radius 2 is 1.90 bits per heavy atom. The Morgan fingerprint density at radius 1 is 1.10 bits per heavy atom. The van der Waals surface area contributed by atoms with Gasteiger partial charge in [-0.15, -0.1) is 18.2 Å². The van der Waals surface area contributed by atoms with E-state index in [-0.39, 0.29) is 5.82 Å². The number of fused-ring (bicyclic) bond motifs is 1. The third kappa shape index (κ3) is 4.24. The molecule has 0 aliphatic carbocycles. The van der Waals surface area contributed by atoms with Crippen LogP contribution in [0.4, 0.5) is 21.8 Å². The zero-order chi connectivity index (χ0) is 21.2. The van der Waals surface area contributed by atoms with Crippen molar-refractivity contribution in [3.8, 4) is 12.3 Å². The minimum Gasteiger partial charge on any atom is -0.341 e. The molecule has 2 aromatic carbocycles. The van der Waals surface area contributed by atoms with Crippen molar-refractivity contribution in [1.29, 1.82) is 0 Å². The molecule has 0 atom stereocenters. The van der Waals surface area contributed by atoms with Crippen LogP contribution in [-0.2, 0) is 6.42 Å². The first kappa shape index (κ1) is 19.9. The summed E-state index contributed by atoms with van der Waals surface area (Å²) >= 11 is 1.76. The number of rotatable bonds is 4. The van der Waals surface area contributed by atoms with Gasteiger partial charge in [-0.1, -0.05) is 24.1 Å². The highest BCUT2D eigenvalue weighted by Crippen LogP contribution is 2.38. The highest BCUT2D eigenvalue weighted by molar-refractivity contribution is 7.99. The van der Waals surface area contributed by atoms with Gasteiger partial charge in [0.05, 0.1) is 10.6 Å². The van der Waals surface area contributed by atoms with Crippen LogP contribution in [0.5, 0.6) is 0 Å². The molecule has 0 amide bonds. The molecule has 5 rings (SSSR count). The Balaban J connectivity index is 1.34. The molecule has 2 aliphatic heterocycles. The summed E-state index contributed by atoms with van der Waals surface area (Å²) in [5.41, 5.74) is 4.05. The van der Waals surface area contributed by atoms with Crippen LogP contribution in [0.3, 0.4) is 0 Å². The number of nitrogens with one attached hydrogen (secondary N) is 1. The Kier molecular flexibility index (Phi) is 5.52. The van der Waals surface area contributed by atoms with Crippen molar-refractivity contribution in [3.05, 3.63) is 71.2 Å². The SMILES string of the molecule is C#Cc1ccc(C2CCN(c3nc4c(c(Nc5cccc(F)c5)n3)SCC4)CC2)cc1. The zero-order valence-corrected chi connectivity index (χ0v) is 18.0. The lowest BCUT2D eigenvalue weighted by molar-refractivity contribution is 0.499. The third-order valence-corrected chi connectivity index (χ3v) is 7.05. The fraction of sp³-hybridized carbons (Fsp3) is 0.280. The fourth-order valence-corrected chi connectivity index (χ4v) is 5.30. The Bertz CT molecular complexity index is 1130. The summed E-state index contributed by atoms with van der Waals surface area (Å²) in [5, 5.41) is 3.32. The molecule has 31 heavy (non-hydrogen) atoms. The molecular formula is C25H23FN4S. The molecule has 0 bridgehead atoms. The summed E-state index contributed by atoms with van der Waals surface area (Å²) in [5.74, 6) is 5.49. The summed E-state index contributed by atoms with van der Waals surface area (Å²) in [4.78, 5) is 13.1. The van der Waals surface area contributed by atoms with Crippen molar-refractivity contribution in [3.63, 3.8) is 0 Å². The van der Waals surface area contributed by atoms with E-state index in [9.17, 15) is 4.39 Å². The van der Waals surface area contributed by atoms with Gasteiger partial charge in [-0.25, -0.2) is 9.37 Å². The number of hydrogen-bond acceptors (Lipinski definition) is 5. The maximum atomic E-state index is 13.6. The molecule has 0 spiro atoms. The fourth-order valence-electron chi connectivity index (χ4n) is 4.25. The molecule has 2 aliphatic rings. The van der Waals surface area contributed by atoms with E-state index in [1.807, 2.05) is 18.2 Å². The average Bonchev–Trinajstić information content (AvgIpc) is 3.28. The van der Waals surface area contributed by atoms with Gasteiger partial charge in [-0.05, 0) is 54.7 Å². The lowest BCUT2D eigenvalue weighted by Crippen LogP contribution is -2.34. The van der Waals surface area contributed by atoms with E-state index in [2.05, 4.69) is 28.3 Å². The molecule has 4 nitrogen and oxygen atoms in total. The van der Waals surface area contributed by atoms with E-state index in [1.54, 1.807) is 17.8 Å². The van der Waals surface area contributed by atoms with Crippen LogP contribution in [0.15, 0.2) is 53.4 Å². The minimum absolute atomic E-state index is 0.263. The highest BCUT2D eigenvalue weighted by Gasteiger charge is 2.26. The number of thioether (sulfide) groups is 1. The molecule has 0 radical (unpaired) electrons. The maximum absolute atomic E-state index is 13.6. The van der Waals surface area contributed by atoms with Crippen LogP contribution in [0, 0.1) is 18.2 Å². The number of anilines is 3. The van der Waals surface area contributed by atoms with E-state index in [0.29, 0.717) is 11.6 Å². The van der Waals surface area contributed by atoms with Gasteiger partial charge in [0.15, 0.2) is 0 Å². The number of benzene rings is 2. The zero-order valence-electron chi connectivity index (χ0n) is 17.1. The van der Waals surface area contributed by atoms with E-state index < -0.39 is 0 Å².